The van der Waals surface area contributed by atoms with Crippen LogP contribution in [0.15, 0.2) is 48.5 Å². The predicted molar refractivity (Wildman–Crippen MR) is 91.4 cm³/mol. The van der Waals surface area contributed by atoms with E-state index in [2.05, 4.69) is 5.32 Å². The maximum Gasteiger partial charge on any atom is 0.416 e. The number of carboxylic acids is 1. The molecular weight excluding hydrogens is 363 g/mol. The van der Waals surface area contributed by atoms with Crippen molar-refractivity contribution in [2.75, 3.05) is 13.2 Å². The van der Waals surface area contributed by atoms with E-state index in [1.54, 1.807) is 24.3 Å². The molecule has 0 aliphatic rings. The Morgan fingerprint density at radius 3 is 2.11 bits per heavy atom. The number of amides is 1. The smallest absolute Gasteiger partial charge is 0.416 e. The van der Waals surface area contributed by atoms with Crippen molar-refractivity contribution >= 4 is 11.9 Å². The summed E-state index contributed by atoms with van der Waals surface area (Å²) in [6, 6.07) is 11.3. The highest BCUT2D eigenvalue weighted by Crippen LogP contribution is 2.29. The van der Waals surface area contributed by atoms with Gasteiger partial charge in [0.05, 0.1) is 12.0 Å². The van der Waals surface area contributed by atoms with Crippen molar-refractivity contribution in [2.45, 2.75) is 19.0 Å². The molecule has 1 amide bonds. The minimum Gasteiger partial charge on any atom is -0.482 e. The van der Waals surface area contributed by atoms with Crippen LogP contribution in [0.2, 0.25) is 0 Å². The molecule has 0 aliphatic heterocycles. The van der Waals surface area contributed by atoms with Crippen molar-refractivity contribution < 1.29 is 32.6 Å². The maximum absolute atomic E-state index is 12.5. The summed E-state index contributed by atoms with van der Waals surface area (Å²) >= 11 is 0. The maximum atomic E-state index is 12.5. The van der Waals surface area contributed by atoms with Gasteiger partial charge in [-0.2, -0.15) is 13.2 Å². The van der Waals surface area contributed by atoms with E-state index < -0.39 is 24.3 Å². The molecule has 0 fully saturated rings. The standard InChI is InChI=1S/C19H18F3NO4/c20-19(21,22)15-5-1-14(2-6-15)11-17(24)23-10-9-13-3-7-16(8-4-13)27-12-18(25)26/h1-8H,9-12H2,(H,23,24)(H,25,26). The second-order valence-corrected chi connectivity index (χ2v) is 5.80. The zero-order chi connectivity index (χ0) is 19.9. The van der Waals surface area contributed by atoms with Gasteiger partial charge in [-0.25, -0.2) is 4.79 Å². The van der Waals surface area contributed by atoms with Crippen molar-refractivity contribution in [1.29, 1.82) is 0 Å². The van der Waals surface area contributed by atoms with Gasteiger partial charge < -0.3 is 15.2 Å². The number of aliphatic carboxylic acids is 1. The molecule has 0 saturated carbocycles. The molecule has 0 unspecified atom stereocenters. The lowest BCUT2D eigenvalue weighted by molar-refractivity contribution is -0.139. The number of rotatable bonds is 8. The van der Waals surface area contributed by atoms with Crippen LogP contribution in [0.3, 0.4) is 0 Å². The first-order valence-electron chi connectivity index (χ1n) is 8.10. The average Bonchev–Trinajstić information content (AvgIpc) is 2.60. The van der Waals surface area contributed by atoms with E-state index in [0.29, 0.717) is 24.3 Å². The summed E-state index contributed by atoms with van der Waals surface area (Å²) in [5.41, 5.74) is 0.676. The zero-order valence-corrected chi connectivity index (χ0v) is 14.3. The van der Waals surface area contributed by atoms with Gasteiger partial charge >= 0.3 is 12.1 Å². The molecule has 0 bridgehead atoms. The van der Waals surface area contributed by atoms with Gasteiger partial charge in [-0.05, 0) is 41.8 Å². The predicted octanol–water partition coefficient (Wildman–Crippen LogP) is 3.07. The molecule has 2 N–H and O–H groups in total. The number of hydrogen-bond acceptors (Lipinski definition) is 3. The monoisotopic (exact) mass is 381 g/mol. The van der Waals surface area contributed by atoms with E-state index in [1.165, 1.54) is 12.1 Å². The van der Waals surface area contributed by atoms with Gasteiger partial charge in [0.25, 0.3) is 0 Å². The Morgan fingerprint density at radius 2 is 1.56 bits per heavy atom. The molecule has 8 heteroatoms. The average molecular weight is 381 g/mol. The number of carbonyl (C=O) groups is 2. The molecule has 0 atom stereocenters. The van der Waals surface area contributed by atoms with Crippen LogP contribution in [0.25, 0.3) is 0 Å². The summed E-state index contributed by atoms with van der Waals surface area (Å²) in [6.07, 6.45) is -3.84. The van der Waals surface area contributed by atoms with Gasteiger partial charge in [-0.3, -0.25) is 4.79 Å². The quantitative estimate of drug-likeness (QED) is 0.737. The van der Waals surface area contributed by atoms with Crippen LogP contribution in [0.5, 0.6) is 5.75 Å². The molecule has 0 aliphatic carbocycles. The second kappa shape index (κ2) is 9.07. The van der Waals surface area contributed by atoms with Crippen LogP contribution in [0, 0.1) is 0 Å². The first-order valence-corrected chi connectivity index (χ1v) is 8.10. The molecule has 0 spiro atoms. The fourth-order valence-electron chi connectivity index (χ4n) is 2.30. The lowest BCUT2D eigenvalue weighted by Crippen LogP contribution is -2.27. The number of halogens is 3. The number of carboxylic acid groups (broad SMARTS) is 1. The second-order valence-electron chi connectivity index (χ2n) is 5.80. The highest BCUT2D eigenvalue weighted by Gasteiger charge is 2.29. The van der Waals surface area contributed by atoms with Gasteiger partial charge in [0.1, 0.15) is 5.75 Å². The minimum absolute atomic E-state index is 0.000103. The van der Waals surface area contributed by atoms with E-state index in [-0.39, 0.29) is 12.3 Å². The minimum atomic E-state index is -4.39. The van der Waals surface area contributed by atoms with Crippen LogP contribution in [-0.4, -0.2) is 30.1 Å². The van der Waals surface area contributed by atoms with Crippen molar-refractivity contribution in [3.63, 3.8) is 0 Å². The van der Waals surface area contributed by atoms with Gasteiger partial charge in [0, 0.05) is 6.54 Å². The third kappa shape index (κ3) is 7.01. The molecule has 5 nitrogen and oxygen atoms in total. The Balaban J connectivity index is 1.75. The SMILES string of the molecule is O=C(O)COc1ccc(CCNC(=O)Cc2ccc(C(F)(F)F)cc2)cc1. The summed E-state index contributed by atoms with van der Waals surface area (Å²) in [5.74, 6) is -0.904. The number of carbonyl (C=O) groups excluding carboxylic acids is 1. The topological polar surface area (TPSA) is 75.6 Å². The molecule has 2 aromatic carbocycles. The normalized spacial score (nSPS) is 11.1. The number of benzene rings is 2. The first-order chi connectivity index (χ1) is 12.7. The van der Waals surface area contributed by atoms with Crippen molar-refractivity contribution in [2.24, 2.45) is 0 Å². The van der Waals surface area contributed by atoms with Crippen LogP contribution in [0.4, 0.5) is 13.2 Å². The van der Waals surface area contributed by atoms with Gasteiger partial charge in [0.2, 0.25) is 5.91 Å². The number of nitrogens with one attached hydrogen (secondary N) is 1. The molecule has 0 radical (unpaired) electrons. The molecular formula is C19H18F3NO4. The summed E-state index contributed by atoms with van der Waals surface area (Å²) in [6.45, 7) is -0.0475. The van der Waals surface area contributed by atoms with E-state index in [4.69, 9.17) is 9.84 Å². The molecule has 0 saturated heterocycles. The van der Waals surface area contributed by atoms with E-state index >= 15 is 0 Å². The summed E-state index contributed by atoms with van der Waals surface area (Å²) < 4.78 is 42.5. The molecule has 144 valence electrons. The van der Waals surface area contributed by atoms with Gasteiger partial charge in [-0.1, -0.05) is 24.3 Å². The molecule has 0 aromatic heterocycles. The highest BCUT2D eigenvalue weighted by molar-refractivity contribution is 5.78. The Hall–Kier alpha value is -3.03. The first kappa shape index (κ1) is 20.3. The summed E-state index contributed by atoms with van der Waals surface area (Å²) in [5, 5.41) is 11.2. The van der Waals surface area contributed by atoms with Crippen LogP contribution in [-0.2, 0) is 28.6 Å². The highest BCUT2D eigenvalue weighted by atomic mass is 19.4. The lowest BCUT2D eigenvalue weighted by atomic mass is 10.1. The van der Waals surface area contributed by atoms with E-state index in [1.807, 2.05) is 0 Å². The number of hydrogen-bond donors (Lipinski definition) is 2. The zero-order valence-electron chi connectivity index (χ0n) is 14.3. The Labute approximate surface area is 153 Å². The summed E-state index contributed by atoms with van der Waals surface area (Å²) in [4.78, 5) is 22.3. The van der Waals surface area contributed by atoms with E-state index in [9.17, 15) is 22.8 Å². The van der Waals surface area contributed by atoms with Crippen LogP contribution >= 0.6 is 0 Å². The van der Waals surface area contributed by atoms with Crippen LogP contribution in [0.1, 0.15) is 16.7 Å². The molecule has 0 heterocycles. The van der Waals surface area contributed by atoms with Crippen molar-refractivity contribution in [3.05, 3.63) is 65.2 Å². The number of ether oxygens (including phenoxy) is 1. The molecule has 2 rings (SSSR count). The van der Waals surface area contributed by atoms with Crippen LogP contribution < -0.4 is 10.1 Å². The Morgan fingerprint density at radius 1 is 0.963 bits per heavy atom. The summed E-state index contributed by atoms with van der Waals surface area (Å²) in [7, 11) is 0. The lowest BCUT2D eigenvalue weighted by Gasteiger charge is -2.09. The number of alkyl halides is 3. The van der Waals surface area contributed by atoms with E-state index in [0.717, 1.165) is 17.7 Å². The van der Waals surface area contributed by atoms with Crippen molar-refractivity contribution in [3.8, 4) is 5.75 Å². The van der Waals surface area contributed by atoms with Gasteiger partial charge in [0.15, 0.2) is 6.61 Å². The largest absolute Gasteiger partial charge is 0.482 e. The Bertz CT molecular complexity index is 771. The fraction of sp³-hybridized carbons (Fsp3) is 0.263. The van der Waals surface area contributed by atoms with Crippen molar-refractivity contribution in [1.82, 2.24) is 5.32 Å². The third-order valence-electron chi connectivity index (χ3n) is 3.67. The molecule has 27 heavy (non-hydrogen) atoms. The fourth-order valence-corrected chi connectivity index (χ4v) is 2.30. The Kier molecular flexibility index (Phi) is 6.81. The third-order valence-corrected chi connectivity index (χ3v) is 3.67. The molecule has 2 aromatic rings. The van der Waals surface area contributed by atoms with Gasteiger partial charge in [-0.15, -0.1) is 0 Å².